The molecule has 0 aliphatic carbocycles. The lowest BCUT2D eigenvalue weighted by atomic mass is 10.1. The summed E-state index contributed by atoms with van der Waals surface area (Å²) in [6, 6.07) is 14.1. The van der Waals surface area contributed by atoms with Crippen molar-refractivity contribution in [2.24, 2.45) is 4.99 Å². The van der Waals surface area contributed by atoms with Gasteiger partial charge < -0.3 is 14.8 Å². The molecule has 15 heteroatoms. The number of anilines is 2. The van der Waals surface area contributed by atoms with Crippen molar-refractivity contribution >= 4 is 40.2 Å². The highest BCUT2D eigenvalue weighted by Gasteiger charge is 2.32. The first-order chi connectivity index (χ1) is 21.2. The second-order valence-corrected chi connectivity index (χ2v) is 10.2. The number of amidine groups is 1. The number of carbonyl (C=O) groups excluding carboxylic acids is 2. The predicted octanol–water partition coefficient (Wildman–Crippen LogP) is 6.14. The average Bonchev–Trinajstić information content (AvgIpc) is 3.62. The Labute approximate surface area is 252 Å². The van der Waals surface area contributed by atoms with Crippen LogP contribution in [0.15, 0.2) is 72.0 Å². The van der Waals surface area contributed by atoms with Gasteiger partial charge in [0.1, 0.15) is 24.6 Å². The molecule has 1 aliphatic heterocycles. The van der Waals surface area contributed by atoms with Gasteiger partial charge in [-0.2, -0.15) is 13.8 Å². The van der Waals surface area contributed by atoms with Crippen LogP contribution in [0.25, 0.3) is 17.1 Å². The molecule has 1 fully saturated rings. The Bertz CT molecular complexity index is 1700. The number of nitrogens with one attached hydrogen (secondary N) is 1. The first-order valence-corrected chi connectivity index (χ1v) is 14.1. The van der Waals surface area contributed by atoms with Crippen molar-refractivity contribution < 1.29 is 36.6 Å². The van der Waals surface area contributed by atoms with Gasteiger partial charge in [-0.25, -0.2) is 23.2 Å². The topological polar surface area (TPSA) is 111 Å². The van der Waals surface area contributed by atoms with Gasteiger partial charge in [-0.05, 0) is 61.0 Å². The average molecular weight is 629 g/mol. The molecule has 44 heavy (non-hydrogen) atoms. The number of urea groups is 1. The minimum Gasteiger partial charge on any atom is -0.435 e. The summed E-state index contributed by atoms with van der Waals surface area (Å²) >= 11 is 1.05. The molecule has 0 radical (unpaired) electrons. The molecule has 3 amide bonds. The van der Waals surface area contributed by atoms with Crippen molar-refractivity contribution in [1.82, 2.24) is 14.8 Å². The highest BCUT2D eigenvalue weighted by atomic mass is 32.2. The zero-order valence-corrected chi connectivity index (χ0v) is 23.9. The summed E-state index contributed by atoms with van der Waals surface area (Å²) in [4.78, 5) is 35.1. The van der Waals surface area contributed by atoms with Crippen LogP contribution in [0.5, 0.6) is 5.75 Å². The van der Waals surface area contributed by atoms with Gasteiger partial charge in [-0.3, -0.25) is 9.69 Å². The van der Waals surface area contributed by atoms with Crippen LogP contribution >= 0.6 is 11.8 Å². The Balaban J connectivity index is 1.30. The molecule has 1 aliphatic rings. The molecule has 0 bridgehead atoms. The maximum Gasteiger partial charge on any atom is 0.387 e. The smallest absolute Gasteiger partial charge is 0.387 e. The molecule has 4 aromatic rings. The van der Waals surface area contributed by atoms with Crippen LogP contribution in [0.3, 0.4) is 0 Å². The van der Waals surface area contributed by atoms with E-state index >= 15 is 4.39 Å². The largest absolute Gasteiger partial charge is 0.435 e. The molecule has 0 spiro atoms. The number of carbonyl (C=O) groups is 2. The van der Waals surface area contributed by atoms with Crippen molar-refractivity contribution in [3.05, 3.63) is 83.9 Å². The standard InChI is InChI=1S/C29H24F4N6O4S/c1-17-2-3-19(14-42-11-10-30)24(12-17)39-25(40)15-44-29(39)36-28(41)35-23-9-4-18(13-22(23)31)26-34-16-38(37-26)20-5-7-21(8-6-20)43-27(32)33/h2-9,12-13,16,27H,10-11,14-15H2,1H3,(H,35,41)/b36-29-. The Hall–Kier alpha value is -4.76. The fourth-order valence-corrected chi connectivity index (χ4v) is 5.07. The Morgan fingerprint density at radius 3 is 2.66 bits per heavy atom. The van der Waals surface area contributed by atoms with Crippen LogP contribution in [0, 0.1) is 12.7 Å². The summed E-state index contributed by atoms with van der Waals surface area (Å²) in [6.45, 7) is -1.80. The number of ether oxygens (including phenoxy) is 2. The molecule has 3 aromatic carbocycles. The third-order valence-corrected chi connectivity index (χ3v) is 7.13. The molecular weight excluding hydrogens is 604 g/mol. The second-order valence-electron chi connectivity index (χ2n) is 9.30. The monoisotopic (exact) mass is 628 g/mol. The Morgan fingerprint density at radius 1 is 1.14 bits per heavy atom. The van der Waals surface area contributed by atoms with Gasteiger partial charge in [0, 0.05) is 11.1 Å². The fourth-order valence-electron chi connectivity index (χ4n) is 4.21. The molecule has 1 saturated heterocycles. The lowest BCUT2D eigenvalue weighted by Crippen LogP contribution is -2.31. The quantitative estimate of drug-likeness (QED) is 0.166. The van der Waals surface area contributed by atoms with E-state index in [-0.39, 0.29) is 47.3 Å². The van der Waals surface area contributed by atoms with Gasteiger partial charge in [0.2, 0.25) is 5.91 Å². The van der Waals surface area contributed by atoms with Gasteiger partial charge in [0.25, 0.3) is 0 Å². The normalized spacial score (nSPS) is 14.1. The van der Waals surface area contributed by atoms with E-state index in [1.165, 1.54) is 52.3 Å². The summed E-state index contributed by atoms with van der Waals surface area (Å²) in [5.74, 6) is -0.880. The Morgan fingerprint density at radius 2 is 1.93 bits per heavy atom. The number of aliphatic imine (C=N–C) groups is 1. The number of hydrogen-bond donors (Lipinski definition) is 1. The molecule has 1 N–H and O–H groups in total. The van der Waals surface area contributed by atoms with E-state index in [9.17, 15) is 22.8 Å². The number of amides is 3. The Kier molecular flexibility index (Phi) is 9.55. The lowest BCUT2D eigenvalue weighted by Gasteiger charge is -2.20. The number of rotatable bonds is 10. The number of hydrogen-bond acceptors (Lipinski definition) is 7. The van der Waals surface area contributed by atoms with Crippen LogP contribution in [0.2, 0.25) is 0 Å². The van der Waals surface area contributed by atoms with E-state index in [1.807, 2.05) is 13.0 Å². The summed E-state index contributed by atoms with van der Waals surface area (Å²) < 4.78 is 63.4. The first-order valence-electron chi connectivity index (χ1n) is 13.1. The van der Waals surface area contributed by atoms with Gasteiger partial charge in [0.05, 0.1) is 36.0 Å². The molecule has 1 aromatic heterocycles. The number of benzene rings is 3. The first kappa shape index (κ1) is 30.7. The summed E-state index contributed by atoms with van der Waals surface area (Å²) in [5.41, 5.74) is 2.59. The number of halogens is 4. The van der Waals surface area contributed by atoms with Crippen molar-refractivity contribution in [3.8, 4) is 22.8 Å². The molecular formula is C29H24F4N6O4S. The van der Waals surface area contributed by atoms with Crippen molar-refractivity contribution in [3.63, 3.8) is 0 Å². The summed E-state index contributed by atoms with van der Waals surface area (Å²) in [7, 11) is 0. The number of nitrogens with zero attached hydrogens (tertiary/aromatic N) is 5. The van der Waals surface area contributed by atoms with E-state index < -0.39 is 25.1 Å². The van der Waals surface area contributed by atoms with Crippen LogP contribution in [0.1, 0.15) is 11.1 Å². The van der Waals surface area contributed by atoms with Gasteiger partial charge >= 0.3 is 12.6 Å². The van der Waals surface area contributed by atoms with Gasteiger partial charge in [-0.1, -0.05) is 23.9 Å². The van der Waals surface area contributed by atoms with E-state index in [1.54, 1.807) is 12.1 Å². The summed E-state index contributed by atoms with van der Waals surface area (Å²) in [6.07, 6.45) is 1.38. The SMILES string of the molecule is Cc1ccc(COCCF)c(N2C(=O)CS/C2=N\C(=O)Nc2ccc(-c3ncn(-c4ccc(OC(F)F)cc4)n3)cc2F)c1. The molecule has 2 heterocycles. The predicted molar refractivity (Wildman–Crippen MR) is 157 cm³/mol. The molecule has 0 atom stereocenters. The highest BCUT2D eigenvalue weighted by molar-refractivity contribution is 8.15. The number of alkyl halides is 3. The van der Waals surface area contributed by atoms with E-state index in [0.29, 0.717) is 22.5 Å². The minimum atomic E-state index is -2.94. The lowest BCUT2D eigenvalue weighted by molar-refractivity contribution is -0.115. The third kappa shape index (κ3) is 7.23. The zero-order valence-electron chi connectivity index (χ0n) is 23.0. The maximum absolute atomic E-state index is 15.0. The molecule has 5 rings (SSSR count). The molecule has 10 nitrogen and oxygen atoms in total. The third-order valence-electron chi connectivity index (χ3n) is 6.21. The van der Waals surface area contributed by atoms with Crippen LogP contribution in [-0.4, -0.2) is 57.5 Å². The van der Waals surface area contributed by atoms with Gasteiger partial charge in [-0.15, -0.1) is 5.10 Å². The van der Waals surface area contributed by atoms with Crippen LogP contribution in [0.4, 0.5) is 33.7 Å². The molecule has 228 valence electrons. The van der Waals surface area contributed by atoms with Crippen molar-refractivity contribution in [1.29, 1.82) is 0 Å². The van der Waals surface area contributed by atoms with Crippen molar-refractivity contribution in [2.75, 3.05) is 29.3 Å². The van der Waals surface area contributed by atoms with Crippen LogP contribution < -0.4 is 15.0 Å². The van der Waals surface area contributed by atoms with E-state index in [4.69, 9.17) is 4.74 Å². The van der Waals surface area contributed by atoms with Gasteiger partial charge in [0.15, 0.2) is 11.0 Å². The maximum atomic E-state index is 15.0. The zero-order chi connectivity index (χ0) is 31.2. The highest BCUT2D eigenvalue weighted by Crippen LogP contribution is 2.31. The second kappa shape index (κ2) is 13.7. The molecule has 0 saturated carbocycles. The van der Waals surface area contributed by atoms with E-state index in [0.717, 1.165) is 23.4 Å². The van der Waals surface area contributed by atoms with Crippen LogP contribution in [-0.2, 0) is 16.1 Å². The number of thioether (sulfide) groups is 1. The fraction of sp³-hybridized carbons (Fsp3) is 0.207. The van der Waals surface area contributed by atoms with Crippen molar-refractivity contribution in [2.45, 2.75) is 20.1 Å². The summed E-state index contributed by atoms with van der Waals surface area (Å²) in [5, 5.41) is 6.79. The molecule has 0 unspecified atom stereocenters. The van der Waals surface area contributed by atoms with E-state index in [2.05, 4.69) is 25.1 Å². The minimum absolute atomic E-state index is 0.0144. The number of aromatic nitrogens is 3. The number of aryl methyl sites for hydroxylation is 1.